The van der Waals surface area contributed by atoms with Gasteiger partial charge in [0.05, 0.1) is 5.70 Å². The molecular weight excluding hydrogens is 181 g/mol. The van der Waals surface area contributed by atoms with Crippen molar-refractivity contribution in [2.45, 2.75) is 33.6 Å². The van der Waals surface area contributed by atoms with Crippen LogP contribution in [0.1, 0.15) is 33.6 Å². The van der Waals surface area contributed by atoms with Crippen LogP contribution in [0.3, 0.4) is 0 Å². The van der Waals surface area contributed by atoms with Crippen LogP contribution in [-0.2, 0) is 0 Å². The number of dihydropyridines is 1. The molecule has 3 heteroatoms. The highest BCUT2D eigenvalue weighted by molar-refractivity contribution is 5.77. The van der Waals surface area contributed by atoms with E-state index in [0.717, 1.165) is 12.0 Å². The minimum atomic E-state index is -0.359. The largest absolute Gasteiger partial charge is 0.861 e. The zero-order valence-corrected chi connectivity index (χ0v) is 8.80. The Labute approximate surface area is 83.9 Å². The van der Waals surface area contributed by atoms with Gasteiger partial charge in [0.25, 0.3) is 0 Å². The molecule has 0 N–H and O–H groups in total. The van der Waals surface area contributed by atoms with Crippen LogP contribution in [0.5, 0.6) is 0 Å². The minimum absolute atomic E-state index is 0.0864. The number of aliphatic imine (C=N–C) groups is 1. The SMILES string of the molecule is CCC(C)C(C)=C1N=C([O-])CC=C1F. The summed E-state index contributed by atoms with van der Waals surface area (Å²) in [6.07, 6.45) is 2.31. The molecule has 1 heterocycles. The van der Waals surface area contributed by atoms with Crippen LogP contribution in [0.25, 0.3) is 0 Å². The van der Waals surface area contributed by atoms with Gasteiger partial charge in [-0.05, 0) is 43.2 Å². The molecule has 0 radical (unpaired) electrons. The zero-order chi connectivity index (χ0) is 10.7. The first kappa shape index (κ1) is 11.0. The van der Waals surface area contributed by atoms with E-state index in [9.17, 15) is 9.50 Å². The monoisotopic (exact) mass is 196 g/mol. The van der Waals surface area contributed by atoms with Crippen molar-refractivity contribution in [1.82, 2.24) is 0 Å². The maximum absolute atomic E-state index is 13.3. The normalized spacial score (nSPS) is 22.6. The highest BCUT2D eigenvalue weighted by Gasteiger charge is 2.14. The van der Waals surface area contributed by atoms with Gasteiger partial charge in [-0.25, -0.2) is 4.39 Å². The maximum atomic E-state index is 13.3. The smallest absolute Gasteiger partial charge is 0.145 e. The van der Waals surface area contributed by atoms with Crippen LogP contribution in [0.2, 0.25) is 0 Å². The Morgan fingerprint density at radius 3 is 2.93 bits per heavy atom. The van der Waals surface area contributed by atoms with Crippen LogP contribution in [0.4, 0.5) is 4.39 Å². The highest BCUT2D eigenvalue weighted by atomic mass is 19.1. The number of halogens is 1. The van der Waals surface area contributed by atoms with E-state index in [1.54, 1.807) is 0 Å². The fourth-order valence-electron chi connectivity index (χ4n) is 1.31. The number of allylic oxidation sites excluding steroid dienone is 2. The Balaban J connectivity index is 3.04. The summed E-state index contributed by atoms with van der Waals surface area (Å²) < 4.78 is 13.3. The van der Waals surface area contributed by atoms with Gasteiger partial charge in [-0.2, -0.15) is 0 Å². The lowest BCUT2D eigenvalue weighted by atomic mass is 9.97. The van der Waals surface area contributed by atoms with E-state index in [1.807, 2.05) is 20.8 Å². The highest BCUT2D eigenvalue weighted by Crippen LogP contribution is 2.27. The van der Waals surface area contributed by atoms with E-state index in [2.05, 4.69) is 4.99 Å². The Morgan fingerprint density at radius 1 is 1.71 bits per heavy atom. The third-order valence-electron chi connectivity index (χ3n) is 2.64. The van der Waals surface area contributed by atoms with Crippen molar-refractivity contribution in [1.29, 1.82) is 0 Å². The van der Waals surface area contributed by atoms with E-state index < -0.39 is 0 Å². The molecule has 1 atom stereocenters. The second-order valence-corrected chi connectivity index (χ2v) is 3.60. The van der Waals surface area contributed by atoms with Crippen molar-refractivity contribution in [2.24, 2.45) is 10.9 Å². The second kappa shape index (κ2) is 4.40. The molecule has 0 bridgehead atoms. The van der Waals surface area contributed by atoms with E-state index in [1.165, 1.54) is 6.08 Å². The third-order valence-corrected chi connectivity index (χ3v) is 2.64. The average molecular weight is 196 g/mol. The van der Waals surface area contributed by atoms with E-state index in [4.69, 9.17) is 0 Å². The third kappa shape index (κ3) is 2.22. The first-order valence-corrected chi connectivity index (χ1v) is 4.87. The second-order valence-electron chi connectivity index (χ2n) is 3.60. The summed E-state index contributed by atoms with van der Waals surface area (Å²) >= 11 is 0. The van der Waals surface area contributed by atoms with E-state index >= 15 is 0 Å². The van der Waals surface area contributed by atoms with Crippen molar-refractivity contribution in [3.05, 3.63) is 23.2 Å². The van der Waals surface area contributed by atoms with Crippen LogP contribution < -0.4 is 5.11 Å². The molecule has 0 fully saturated rings. The molecular formula is C11H15FNO-. The number of rotatable bonds is 2. The van der Waals surface area contributed by atoms with Gasteiger partial charge < -0.3 is 5.11 Å². The zero-order valence-electron chi connectivity index (χ0n) is 8.80. The fourth-order valence-corrected chi connectivity index (χ4v) is 1.31. The van der Waals surface area contributed by atoms with Crippen molar-refractivity contribution in [3.63, 3.8) is 0 Å². The van der Waals surface area contributed by atoms with Crippen LogP contribution in [0.15, 0.2) is 28.2 Å². The molecule has 14 heavy (non-hydrogen) atoms. The summed E-state index contributed by atoms with van der Waals surface area (Å²) in [6.45, 7) is 5.87. The molecule has 0 aromatic carbocycles. The predicted octanol–water partition coefficient (Wildman–Crippen LogP) is 2.32. The molecule has 1 aliphatic heterocycles. The molecule has 78 valence electrons. The maximum Gasteiger partial charge on any atom is 0.145 e. The summed E-state index contributed by atoms with van der Waals surface area (Å²) in [6, 6.07) is 0. The van der Waals surface area contributed by atoms with Gasteiger partial charge in [-0.1, -0.05) is 13.8 Å². The van der Waals surface area contributed by atoms with Gasteiger partial charge in [0.15, 0.2) is 0 Å². The molecule has 0 saturated carbocycles. The lowest BCUT2D eigenvalue weighted by Crippen LogP contribution is -2.19. The molecule has 1 unspecified atom stereocenters. The molecule has 1 aliphatic rings. The Hall–Kier alpha value is -1.12. The van der Waals surface area contributed by atoms with Crippen LogP contribution in [0, 0.1) is 5.92 Å². The molecule has 0 aromatic rings. The molecule has 0 amide bonds. The van der Waals surface area contributed by atoms with E-state index in [0.29, 0.717) is 0 Å². The molecule has 0 aromatic heterocycles. The molecule has 2 nitrogen and oxygen atoms in total. The summed E-state index contributed by atoms with van der Waals surface area (Å²) in [7, 11) is 0. The Bertz CT molecular complexity index is 315. The fraction of sp³-hybridized carbons (Fsp3) is 0.545. The Morgan fingerprint density at radius 2 is 2.36 bits per heavy atom. The summed E-state index contributed by atoms with van der Waals surface area (Å²) in [5, 5.41) is 11.0. The summed E-state index contributed by atoms with van der Waals surface area (Å²) in [5.74, 6) is -0.356. The topological polar surface area (TPSA) is 35.4 Å². The van der Waals surface area contributed by atoms with Crippen LogP contribution in [-0.4, -0.2) is 5.90 Å². The quantitative estimate of drug-likeness (QED) is 0.667. The van der Waals surface area contributed by atoms with Gasteiger partial charge in [-0.3, -0.25) is 4.99 Å². The first-order chi connectivity index (χ1) is 6.56. The van der Waals surface area contributed by atoms with Crippen LogP contribution >= 0.6 is 0 Å². The predicted molar refractivity (Wildman–Crippen MR) is 53.4 cm³/mol. The van der Waals surface area contributed by atoms with Crippen molar-refractivity contribution in [3.8, 4) is 0 Å². The first-order valence-electron chi connectivity index (χ1n) is 4.87. The van der Waals surface area contributed by atoms with Crippen molar-refractivity contribution in [2.75, 3.05) is 0 Å². The Kier molecular flexibility index (Phi) is 3.44. The lowest BCUT2D eigenvalue weighted by Gasteiger charge is -2.19. The van der Waals surface area contributed by atoms with Crippen molar-refractivity contribution < 1.29 is 9.50 Å². The van der Waals surface area contributed by atoms with Gasteiger partial charge in [-0.15, -0.1) is 0 Å². The van der Waals surface area contributed by atoms with Gasteiger partial charge in [0.2, 0.25) is 0 Å². The molecule has 0 saturated heterocycles. The van der Waals surface area contributed by atoms with Gasteiger partial charge in [0, 0.05) is 0 Å². The minimum Gasteiger partial charge on any atom is -0.861 e. The lowest BCUT2D eigenvalue weighted by molar-refractivity contribution is -0.217. The standard InChI is InChI=1S/C11H16FNO/c1-4-7(2)8(3)11-9(12)5-6-10(14)13-11/h5,7H,4,6H2,1-3H3,(H,13,14)/p-1. The average Bonchev–Trinajstić information content (AvgIpc) is 2.19. The summed E-state index contributed by atoms with van der Waals surface area (Å²) in [4.78, 5) is 3.73. The number of hydrogen-bond acceptors (Lipinski definition) is 2. The number of hydrogen-bond donors (Lipinski definition) is 0. The van der Waals surface area contributed by atoms with Gasteiger partial charge >= 0.3 is 0 Å². The summed E-state index contributed by atoms with van der Waals surface area (Å²) in [5.41, 5.74) is 1.10. The molecule has 0 aliphatic carbocycles. The molecule has 1 rings (SSSR count). The van der Waals surface area contributed by atoms with E-state index in [-0.39, 0.29) is 29.8 Å². The molecule has 0 spiro atoms. The van der Waals surface area contributed by atoms with Crippen molar-refractivity contribution >= 4 is 5.90 Å². The van der Waals surface area contributed by atoms with Gasteiger partial charge in [0.1, 0.15) is 5.83 Å². The number of nitrogens with zero attached hydrogens (tertiary/aromatic N) is 1.